The molecule has 0 bridgehead atoms. The molecule has 3 atom stereocenters. The van der Waals surface area contributed by atoms with Gasteiger partial charge in [0.25, 0.3) is 0 Å². The molecule has 1 aliphatic heterocycles. The molecular formula is C14H25NO2. The lowest BCUT2D eigenvalue weighted by Crippen LogP contribution is -2.42. The molecule has 0 aromatic heterocycles. The number of hydrogen-bond acceptors (Lipinski definition) is 2. The van der Waals surface area contributed by atoms with E-state index >= 15 is 0 Å². The maximum atomic E-state index is 11.0. The summed E-state index contributed by atoms with van der Waals surface area (Å²) in [6.07, 6.45) is 4.61. The Morgan fingerprint density at radius 2 is 2.06 bits per heavy atom. The Bertz CT molecular complexity index is 301. The Kier molecular flexibility index (Phi) is 3.48. The van der Waals surface area contributed by atoms with E-state index in [2.05, 4.69) is 25.7 Å². The molecular weight excluding hydrogens is 214 g/mol. The molecule has 2 aliphatic rings. The third-order valence-corrected chi connectivity index (χ3v) is 4.45. The van der Waals surface area contributed by atoms with Gasteiger partial charge in [-0.05, 0) is 43.6 Å². The van der Waals surface area contributed by atoms with Crippen LogP contribution in [0.1, 0.15) is 46.5 Å². The van der Waals surface area contributed by atoms with Crippen molar-refractivity contribution >= 4 is 5.97 Å². The smallest absolute Gasteiger partial charge is 0.307 e. The van der Waals surface area contributed by atoms with Gasteiger partial charge in [0.05, 0.1) is 5.92 Å². The Balaban J connectivity index is 1.97. The van der Waals surface area contributed by atoms with Crippen molar-refractivity contribution in [3.63, 3.8) is 0 Å². The van der Waals surface area contributed by atoms with Crippen molar-refractivity contribution in [2.24, 2.45) is 17.3 Å². The van der Waals surface area contributed by atoms with Gasteiger partial charge in [0.1, 0.15) is 0 Å². The van der Waals surface area contributed by atoms with Gasteiger partial charge in [-0.15, -0.1) is 0 Å². The summed E-state index contributed by atoms with van der Waals surface area (Å²) in [6, 6.07) is 0.609. The van der Waals surface area contributed by atoms with Gasteiger partial charge in [-0.3, -0.25) is 9.69 Å². The fourth-order valence-corrected chi connectivity index (χ4v) is 3.89. The van der Waals surface area contributed by atoms with Crippen LogP contribution in [-0.4, -0.2) is 35.1 Å². The van der Waals surface area contributed by atoms with Gasteiger partial charge in [-0.1, -0.05) is 20.8 Å². The average Bonchev–Trinajstić information content (AvgIpc) is 2.62. The highest BCUT2D eigenvalue weighted by molar-refractivity contribution is 5.70. The summed E-state index contributed by atoms with van der Waals surface area (Å²) >= 11 is 0. The van der Waals surface area contributed by atoms with Gasteiger partial charge in [0.2, 0.25) is 0 Å². The van der Waals surface area contributed by atoms with Crippen molar-refractivity contribution in [1.82, 2.24) is 4.90 Å². The summed E-state index contributed by atoms with van der Waals surface area (Å²) < 4.78 is 0. The van der Waals surface area contributed by atoms with Crippen LogP contribution < -0.4 is 0 Å². The molecule has 1 N–H and O–H groups in total. The van der Waals surface area contributed by atoms with Crippen molar-refractivity contribution < 1.29 is 9.90 Å². The third-order valence-electron chi connectivity index (χ3n) is 4.45. The quantitative estimate of drug-likeness (QED) is 0.805. The van der Waals surface area contributed by atoms with Crippen molar-refractivity contribution in [2.45, 2.75) is 52.5 Å². The molecule has 0 amide bonds. The van der Waals surface area contributed by atoms with Crippen LogP contribution in [-0.2, 0) is 4.79 Å². The zero-order valence-corrected chi connectivity index (χ0v) is 11.3. The molecule has 3 heteroatoms. The van der Waals surface area contributed by atoms with Crippen LogP contribution in [0.4, 0.5) is 0 Å². The fraction of sp³-hybridized carbons (Fsp3) is 0.929. The molecule has 0 aromatic carbocycles. The van der Waals surface area contributed by atoms with Crippen LogP contribution in [0.3, 0.4) is 0 Å². The van der Waals surface area contributed by atoms with E-state index in [1.165, 1.54) is 19.3 Å². The summed E-state index contributed by atoms with van der Waals surface area (Å²) in [5, 5.41) is 9.06. The molecule has 1 saturated carbocycles. The highest BCUT2D eigenvalue weighted by Crippen LogP contribution is 2.41. The fourth-order valence-electron chi connectivity index (χ4n) is 3.89. The second-order valence-corrected chi connectivity index (χ2v) is 6.89. The maximum absolute atomic E-state index is 11.0. The number of aliphatic carboxylic acids is 1. The van der Waals surface area contributed by atoms with Crippen molar-refractivity contribution in [3.05, 3.63) is 0 Å². The number of carbonyl (C=O) groups is 1. The molecule has 2 fully saturated rings. The van der Waals surface area contributed by atoms with Crippen LogP contribution in [0.15, 0.2) is 0 Å². The molecule has 0 radical (unpaired) electrons. The lowest BCUT2D eigenvalue weighted by molar-refractivity contribution is -0.141. The van der Waals surface area contributed by atoms with E-state index in [-0.39, 0.29) is 5.92 Å². The predicted octanol–water partition coefficient (Wildman–Crippen LogP) is 2.61. The lowest BCUT2D eigenvalue weighted by atomic mass is 9.70. The van der Waals surface area contributed by atoms with Crippen molar-refractivity contribution in [1.29, 1.82) is 0 Å². The molecule has 0 aromatic rings. The maximum Gasteiger partial charge on any atom is 0.307 e. The van der Waals surface area contributed by atoms with Gasteiger partial charge in [-0.2, -0.15) is 0 Å². The van der Waals surface area contributed by atoms with E-state index in [1.54, 1.807) is 0 Å². The first-order valence-electron chi connectivity index (χ1n) is 6.84. The second-order valence-electron chi connectivity index (χ2n) is 6.89. The van der Waals surface area contributed by atoms with Crippen LogP contribution in [0.2, 0.25) is 0 Å². The van der Waals surface area contributed by atoms with E-state index in [1.807, 2.05) is 0 Å². The minimum absolute atomic E-state index is 0.129. The van der Waals surface area contributed by atoms with Gasteiger partial charge < -0.3 is 5.11 Å². The van der Waals surface area contributed by atoms with E-state index in [0.717, 1.165) is 25.4 Å². The summed E-state index contributed by atoms with van der Waals surface area (Å²) in [5.41, 5.74) is 0.420. The Labute approximate surface area is 104 Å². The molecule has 1 heterocycles. The first-order valence-corrected chi connectivity index (χ1v) is 6.84. The molecule has 0 spiro atoms. The number of nitrogens with zero attached hydrogens (tertiary/aromatic N) is 1. The summed E-state index contributed by atoms with van der Waals surface area (Å²) in [5.74, 6) is 0.0265. The molecule has 1 aliphatic carbocycles. The number of rotatable bonds is 2. The normalized spacial score (nSPS) is 38.2. The summed E-state index contributed by atoms with van der Waals surface area (Å²) in [6.45, 7) is 8.77. The highest BCUT2D eigenvalue weighted by atomic mass is 16.4. The van der Waals surface area contributed by atoms with Gasteiger partial charge in [-0.25, -0.2) is 0 Å². The Morgan fingerprint density at radius 3 is 2.59 bits per heavy atom. The van der Waals surface area contributed by atoms with E-state index in [9.17, 15) is 4.79 Å². The summed E-state index contributed by atoms with van der Waals surface area (Å²) in [7, 11) is 0. The Morgan fingerprint density at radius 1 is 1.35 bits per heavy atom. The van der Waals surface area contributed by atoms with Crippen molar-refractivity contribution in [2.75, 3.05) is 13.1 Å². The zero-order valence-electron chi connectivity index (χ0n) is 11.3. The standard InChI is InChI=1S/C14H25NO2/c1-10-6-12(8-14(2,3)7-10)15-5-4-11(9-15)13(16)17/h10-12H,4-9H2,1-3H3,(H,16,17). The Hall–Kier alpha value is -0.570. The first-order chi connectivity index (χ1) is 7.87. The predicted molar refractivity (Wildman–Crippen MR) is 67.9 cm³/mol. The van der Waals surface area contributed by atoms with Crippen LogP contribution >= 0.6 is 0 Å². The van der Waals surface area contributed by atoms with Gasteiger partial charge in [0.15, 0.2) is 0 Å². The minimum Gasteiger partial charge on any atom is -0.481 e. The van der Waals surface area contributed by atoms with Crippen LogP contribution in [0.5, 0.6) is 0 Å². The SMILES string of the molecule is CC1CC(N2CCC(C(=O)O)C2)CC(C)(C)C1. The number of carboxylic acid groups (broad SMARTS) is 1. The minimum atomic E-state index is -0.615. The largest absolute Gasteiger partial charge is 0.481 e. The summed E-state index contributed by atoms with van der Waals surface area (Å²) in [4.78, 5) is 13.4. The molecule has 17 heavy (non-hydrogen) atoms. The van der Waals surface area contributed by atoms with E-state index < -0.39 is 5.97 Å². The molecule has 2 rings (SSSR count). The number of carboxylic acids is 1. The zero-order chi connectivity index (χ0) is 12.6. The average molecular weight is 239 g/mol. The van der Waals surface area contributed by atoms with Gasteiger partial charge in [0, 0.05) is 12.6 Å². The number of hydrogen-bond donors (Lipinski definition) is 1. The first kappa shape index (κ1) is 12.9. The number of likely N-dealkylation sites (tertiary alicyclic amines) is 1. The molecule has 1 saturated heterocycles. The topological polar surface area (TPSA) is 40.5 Å². The van der Waals surface area contributed by atoms with Gasteiger partial charge >= 0.3 is 5.97 Å². The monoisotopic (exact) mass is 239 g/mol. The third kappa shape index (κ3) is 3.01. The van der Waals surface area contributed by atoms with Crippen LogP contribution in [0, 0.1) is 17.3 Å². The molecule has 98 valence electrons. The molecule has 3 unspecified atom stereocenters. The lowest BCUT2D eigenvalue weighted by Gasteiger charge is -2.42. The second kappa shape index (κ2) is 4.60. The van der Waals surface area contributed by atoms with Crippen molar-refractivity contribution in [3.8, 4) is 0 Å². The van der Waals surface area contributed by atoms with E-state index in [0.29, 0.717) is 11.5 Å². The highest BCUT2D eigenvalue weighted by Gasteiger charge is 2.38. The van der Waals surface area contributed by atoms with Crippen LogP contribution in [0.25, 0.3) is 0 Å². The van der Waals surface area contributed by atoms with E-state index in [4.69, 9.17) is 5.11 Å². The molecule has 3 nitrogen and oxygen atoms in total.